The SMILES string of the molecule is CC1C2CC3CC(C2)C(S)C1C3. The Hall–Kier alpha value is 0.350. The van der Waals surface area contributed by atoms with Gasteiger partial charge in [-0.1, -0.05) is 6.92 Å². The van der Waals surface area contributed by atoms with Crippen LogP contribution in [0, 0.1) is 29.6 Å². The highest BCUT2D eigenvalue weighted by molar-refractivity contribution is 7.81. The van der Waals surface area contributed by atoms with E-state index in [1.807, 2.05) is 0 Å². The van der Waals surface area contributed by atoms with Crippen molar-refractivity contribution in [3.63, 3.8) is 0 Å². The maximum absolute atomic E-state index is 4.80. The van der Waals surface area contributed by atoms with Gasteiger partial charge in [-0.05, 0) is 55.3 Å². The molecule has 4 aliphatic rings. The molecule has 0 aromatic heterocycles. The second-order valence-electron chi connectivity index (χ2n) is 5.34. The zero-order valence-electron chi connectivity index (χ0n) is 7.74. The summed E-state index contributed by atoms with van der Waals surface area (Å²) in [5.74, 6) is 5.13. The van der Waals surface area contributed by atoms with E-state index in [1.54, 1.807) is 6.42 Å². The van der Waals surface area contributed by atoms with Gasteiger partial charge in [0.15, 0.2) is 0 Å². The molecule has 4 aliphatic carbocycles. The Labute approximate surface area is 80.5 Å². The molecule has 1 heteroatoms. The molecule has 0 aromatic rings. The Morgan fingerprint density at radius 3 is 2.58 bits per heavy atom. The van der Waals surface area contributed by atoms with Crippen LogP contribution in [-0.4, -0.2) is 5.25 Å². The third kappa shape index (κ3) is 0.865. The average Bonchev–Trinajstić information content (AvgIpc) is 2.07. The standard InChI is InChI=1S/C11H18S/c1-6-8-2-7-3-9(5-8)11(12)10(6)4-7/h6-12H,2-5H2,1H3. The maximum atomic E-state index is 4.80. The van der Waals surface area contributed by atoms with E-state index >= 15 is 0 Å². The van der Waals surface area contributed by atoms with Gasteiger partial charge in [0.05, 0.1) is 0 Å². The number of hydrogen-bond donors (Lipinski definition) is 1. The lowest BCUT2D eigenvalue weighted by Crippen LogP contribution is -2.50. The van der Waals surface area contributed by atoms with Gasteiger partial charge in [-0.3, -0.25) is 0 Å². The fourth-order valence-corrected chi connectivity index (χ4v) is 4.82. The Morgan fingerprint density at radius 1 is 1.00 bits per heavy atom. The van der Waals surface area contributed by atoms with Crippen LogP contribution < -0.4 is 0 Å². The van der Waals surface area contributed by atoms with Crippen LogP contribution in [0.15, 0.2) is 0 Å². The van der Waals surface area contributed by atoms with Gasteiger partial charge in [0.1, 0.15) is 0 Å². The topological polar surface area (TPSA) is 0 Å². The van der Waals surface area contributed by atoms with Crippen LogP contribution in [0.2, 0.25) is 0 Å². The normalized spacial score (nSPS) is 62.5. The van der Waals surface area contributed by atoms with Crippen molar-refractivity contribution in [3.8, 4) is 0 Å². The predicted molar refractivity (Wildman–Crippen MR) is 54.4 cm³/mol. The summed E-state index contributed by atoms with van der Waals surface area (Å²) in [5, 5.41) is 0.757. The summed E-state index contributed by atoms with van der Waals surface area (Å²) >= 11 is 4.80. The Balaban J connectivity index is 1.93. The average molecular weight is 182 g/mol. The summed E-state index contributed by atoms with van der Waals surface area (Å²) in [5.41, 5.74) is 0. The van der Waals surface area contributed by atoms with Gasteiger partial charge >= 0.3 is 0 Å². The third-order valence-corrected chi connectivity index (χ3v) is 5.63. The van der Waals surface area contributed by atoms with E-state index in [-0.39, 0.29) is 0 Å². The molecule has 4 fully saturated rings. The van der Waals surface area contributed by atoms with Crippen molar-refractivity contribution in [2.75, 3.05) is 0 Å². The van der Waals surface area contributed by atoms with Crippen LogP contribution >= 0.6 is 12.6 Å². The lowest BCUT2D eigenvalue weighted by molar-refractivity contribution is -0.0212. The summed E-state index contributed by atoms with van der Waals surface area (Å²) in [6.07, 6.45) is 6.06. The number of hydrogen-bond acceptors (Lipinski definition) is 1. The minimum absolute atomic E-state index is 0.757. The minimum Gasteiger partial charge on any atom is -0.175 e. The second-order valence-corrected chi connectivity index (χ2v) is 5.94. The summed E-state index contributed by atoms with van der Waals surface area (Å²) in [7, 11) is 0. The van der Waals surface area contributed by atoms with Crippen LogP contribution in [0.25, 0.3) is 0 Å². The predicted octanol–water partition coefficient (Wildman–Crippen LogP) is 2.99. The van der Waals surface area contributed by atoms with Gasteiger partial charge < -0.3 is 0 Å². The van der Waals surface area contributed by atoms with Crippen LogP contribution in [0.5, 0.6) is 0 Å². The van der Waals surface area contributed by atoms with E-state index in [4.69, 9.17) is 12.6 Å². The smallest absolute Gasteiger partial charge is 0.00763 e. The van der Waals surface area contributed by atoms with Gasteiger partial charge in [-0.25, -0.2) is 0 Å². The summed E-state index contributed by atoms with van der Waals surface area (Å²) in [6, 6.07) is 0. The zero-order valence-corrected chi connectivity index (χ0v) is 8.63. The molecule has 12 heavy (non-hydrogen) atoms. The molecule has 0 aromatic carbocycles. The number of thiol groups is 1. The molecule has 0 N–H and O–H groups in total. The lowest BCUT2D eigenvalue weighted by Gasteiger charge is -2.56. The first-order valence-electron chi connectivity index (χ1n) is 5.43. The van der Waals surface area contributed by atoms with Crippen molar-refractivity contribution < 1.29 is 0 Å². The van der Waals surface area contributed by atoms with Gasteiger partial charge in [-0.15, -0.1) is 0 Å². The van der Waals surface area contributed by atoms with Crippen LogP contribution in [0.1, 0.15) is 32.6 Å². The van der Waals surface area contributed by atoms with E-state index in [0.29, 0.717) is 0 Å². The highest BCUT2D eigenvalue weighted by atomic mass is 32.1. The van der Waals surface area contributed by atoms with Crippen molar-refractivity contribution in [3.05, 3.63) is 0 Å². The molecule has 4 saturated carbocycles. The zero-order chi connectivity index (χ0) is 8.29. The molecule has 4 rings (SSSR count). The van der Waals surface area contributed by atoms with E-state index in [9.17, 15) is 0 Å². The van der Waals surface area contributed by atoms with Crippen LogP contribution in [0.3, 0.4) is 0 Å². The monoisotopic (exact) mass is 182 g/mol. The van der Waals surface area contributed by atoms with Gasteiger partial charge in [0.2, 0.25) is 0 Å². The summed E-state index contributed by atoms with van der Waals surface area (Å²) in [4.78, 5) is 0. The van der Waals surface area contributed by atoms with Crippen molar-refractivity contribution in [1.82, 2.24) is 0 Å². The molecule has 0 amide bonds. The summed E-state index contributed by atoms with van der Waals surface area (Å²) < 4.78 is 0. The summed E-state index contributed by atoms with van der Waals surface area (Å²) in [6.45, 7) is 2.47. The quantitative estimate of drug-likeness (QED) is 0.547. The van der Waals surface area contributed by atoms with E-state index in [0.717, 1.165) is 34.8 Å². The molecule has 0 saturated heterocycles. The molecule has 4 bridgehead atoms. The van der Waals surface area contributed by atoms with Crippen molar-refractivity contribution in [1.29, 1.82) is 0 Å². The van der Waals surface area contributed by atoms with Gasteiger partial charge in [-0.2, -0.15) is 12.6 Å². The van der Waals surface area contributed by atoms with Gasteiger partial charge in [0, 0.05) is 5.25 Å². The fraction of sp³-hybridized carbons (Fsp3) is 1.00. The molecule has 6 atom stereocenters. The maximum Gasteiger partial charge on any atom is 0.00763 e. The van der Waals surface area contributed by atoms with Crippen molar-refractivity contribution in [2.45, 2.75) is 37.9 Å². The highest BCUT2D eigenvalue weighted by Crippen LogP contribution is 2.57. The minimum atomic E-state index is 0.757. The molecular formula is C11H18S. The Bertz CT molecular complexity index is 183. The molecular weight excluding hydrogens is 164 g/mol. The first-order chi connectivity index (χ1) is 5.75. The first-order valence-corrected chi connectivity index (χ1v) is 5.95. The largest absolute Gasteiger partial charge is 0.175 e. The van der Waals surface area contributed by atoms with Gasteiger partial charge in [0.25, 0.3) is 0 Å². The van der Waals surface area contributed by atoms with E-state index < -0.39 is 0 Å². The first kappa shape index (κ1) is 7.73. The lowest BCUT2D eigenvalue weighted by atomic mass is 9.52. The molecule has 0 radical (unpaired) electrons. The molecule has 68 valence electrons. The molecule has 0 nitrogen and oxygen atoms in total. The Kier molecular flexibility index (Phi) is 1.57. The van der Waals surface area contributed by atoms with Crippen LogP contribution in [-0.2, 0) is 0 Å². The number of rotatable bonds is 0. The molecule has 0 aliphatic heterocycles. The fourth-order valence-electron chi connectivity index (χ4n) is 4.18. The Morgan fingerprint density at radius 2 is 1.75 bits per heavy atom. The van der Waals surface area contributed by atoms with Crippen molar-refractivity contribution in [2.24, 2.45) is 29.6 Å². The molecule has 0 spiro atoms. The highest BCUT2D eigenvalue weighted by Gasteiger charge is 2.50. The second kappa shape index (κ2) is 2.43. The third-order valence-electron chi connectivity index (χ3n) is 4.82. The molecule has 0 heterocycles. The van der Waals surface area contributed by atoms with E-state index in [2.05, 4.69) is 6.92 Å². The molecule has 6 unspecified atom stereocenters. The van der Waals surface area contributed by atoms with Crippen LogP contribution in [0.4, 0.5) is 0 Å². The van der Waals surface area contributed by atoms with E-state index in [1.165, 1.54) is 19.3 Å². The van der Waals surface area contributed by atoms with Crippen molar-refractivity contribution >= 4 is 12.6 Å².